The molecule has 0 aliphatic rings. The van der Waals surface area contributed by atoms with Crippen LogP contribution in [0.25, 0.3) is 10.6 Å². The number of thiazole rings is 1. The zero-order valence-corrected chi connectivity index (χ0v) is 18.4. The van der Waals surface area contributed by atoms with E-state index in [1.807, 2.05) is 38.1 Å². The van der Waals surface area contributed by atoms with Gasteiger partial charge in [0.25, 0.3) is 11.8 Å². The maximum atomic E-state index is 12.9. The summed E-state index contributed by atoms with van der Waals surface area (Å²) in [5.41, 5.74) is 2.67. The number of anilines is 2. The first-order valence-corrected chi connectivity index (χ1v) is 10.8. The normalized spacial score (nSPS) is 10.6. The molecular formula is C24H21N3O4S. The molecule has 4 aromatic rings. The zero-order chi connectivity index (χ0) is 22.5. The highest BCUT2D eigenvalue weighted by Crippen LogP contribution is 2.30. The van der Waals surface area contributed by atoms with E-state index in [0.717, 1.165) is 16.3 Å². The molecule has 0 spiro atoms. The lowest BCUT2D eigenvalue weighted by Crippen LogP contribution is -2.13. The summed E-state index contributed by atoms with van der Waals surface area (Å²) < 4.78 is 10.6. The number of carbonyl (C=O) groups is 2. The molecule has 0 unspecified atom stereocenters. The number of aromatic nitrogens is 1. The first-order valence-electron chi connectivity index (χ1n) is 10.0. The van der Waals surface area contributed by atoms with Gasteiger partial charge in [-0.3, -0.25) is 9.59 Å². The number of rotatable bonds is 7. The average Bonchev–Trinajstić information content (AvgIpc) is 3.45. The Labute approximate surface area is 189 Å². The van der Waals surface area contributed by atoms with E-state index in [2.05, 4.69) is 15.6 Å². The number of amides is 2. The fourth-order valence-electron chi connectivity index (χ4n) is 3.05. The molecule has 0 aliphatic carbocycles. The number of hydrogen-bond acceptors (Lipinski definition) is 6. The highest BCUT2D eigenvalue weighted by molar-refractivity contribution is 7.17. The van der Waals surface area contributed by atoms with E-state index in [9.17, 15) is 9.59 Å². The van der Waals surface area contributed by atoms with Gasteiger partial charge in [-0.05, 0) is 68.4 Å². The van der Waals surface area contributed by atoms with Gasteiger partial charge in [-0.15, -0.1) is 11.3 Å². The van der Waals surface area contributed by atoms with Gasteiger partial charge in [0.05, 0.1) is 18.6 Å². The highest BCUT2D eigenvalue weighted by atomic mass is 32.1. The van der Waals surface area contributed by atoms with Crippen molar-refractivity contribution in [2.45, 2.75) is 13.8 Å². The van der Waals surface area contributed by atoms with Crippen LogP contribution in [0.2, 0.25) is 0 Å². The van der Waals surface area contributed by atoms with Crippen LogP contribution in [0.4, 0.5) is 11.4 Å². The molecule has 0 aliphatic heterocycles. The fourth-order valence-corrected chi connectivity index (χ4v) is 4.02. The number of ether oxygens (including phenoxy) is 1. The van der Waals surface area contributed by atoms with Crippen LogP contribution in [-0.2, 0) is 0 Å². The quantitative estimate of drug-likeness (QED) is 0.384. The minimum Gasteiger partial charge on any atom is -0.494 e. The molecule has 2 aromatic carbocycles. The van der Waals surface area contributed by atoms with Gasteiger partial charge in [0.2, 0.25) is 0 Å². The van der Waals surface area contributed by atoms with Crippen molar-refractivity contribution in [3.05, 3.63) is 83.3 Å². The van der Waals surface area contributed by atoms with Gasteiger partial charge >= 0.3 is 0 Å². The van der Waals surface area contributed by atoms with Gasteiger partial charge in [0, 0.05) is 16.9 Å². The Balaban J connectivity index is 1.46. The van der Waals surface area contributed by atoms with Crippen molar-refractivity contribution in [2.75, 3.05) is 17.2 Å². The lowest BCUT2D eigenvalue weighted by atomic mass is 10.2. The van der Waals surface area contributed by atoms with Crippen molar-refractivity contribution in [3.63, 3.8) is 0 Å². The molecule has 0 saturated carbocycles. The third kappa shape index (κ3) is 4.87. The molecule has 2 aromatic heterocycles. The van der Waals surface area contributed by atoms with Gasteiger partial charge in [-0.25, -0.2) is 4.98 Å². The molecule has 2 amide bonds. The van der Waals surface area contributed by atoms with Crippen LogP contribution in [0.3, 0.4) is 0 Å². The zero-order valence-electron chi connectivity index (χ0n) is 17.5. The van der Waals surface area contributed by atoms with Gasteiger partial charge in [-0.2, -0.15) is 0 Å². The monoisotopic (exact) mass is 447 g/mol. The summed E-state index contributed by atoms with van der Waals surface area (Å²) in [5, 5.41) is 6.38. The molecule has 2 heterocycles. The first-order chi connectivity index (χ1) is 15.5. The number of nitrogens with zero attached hydrogens (tertiary/aromatic N) is 1. The van der Waals surface area contributed by atoms with Crippen LogP contribution in [0.15, 0.2) is 71.3 Å². The van der Waals surface area contributed by atoms with Crippen molar-refractivity contribution in [1.82, 2.24) is 4.98 Å². The second kappa shape index (κ2) is 9.49. The molecule has 0 bridgehead atoms. The Morgan fingerprint density at radius 1 is 1.00 bits per heavy atom. The molecule has 7 nitrogen and oxygen atoms in total. The number of aryl methyl sites for hydroxylation is 1. The van der Waals surface area contributed by atoms with Crippen molar-refractivity contribution >= 4 is 34.5 Å². The summed E-state index contributed by atoms with van der Waals surface area (Å²) in [7, 11) is 0. The van der Waals surface area contributed by atoms with Gasteiger partial charge in [0.1, 0.15) is 15.6 Å². The van der Waals surface area contributed by atoms with Crippen LogP contribution in [0.1, 0.15) is 32.8 Å². The summed E-state index contributed by atoms with van der Waals surface area (Å²) >= 11 is 1.33. The summed E-state index contributed by atoms with van der Waals surface area (Å²) in [5.74, 6) is 0.381. The maximum absolute atomic E-state index is 12.9. The number of carbonyl (C=O) groups excluding carboxylic acids is 2. The molecule has 0 saturated heterocycles. The molecule has 8 heteroatoms. The Hall–Kier alpha value is -3.91. The number of furan rings is 1. The van der Waals surface area contributed by atoms with Gasteiger partial charge in [0.15, 0.2) is 5.76 Å². The van der Waals surface area contributed by atoms with E-state index in [1.165, 1.54) is 17.6 Å². The minimum absolute atomic E-state index is 0.210. The SMILES string of the molecule is CCOc1ccc(-c2nc(C)c(C(=O)Nc3cccc(NC(=O)c4ccco4)c3)s2)cc1. The standard InChI is InChI=1S/C24H21N3O4S/c1-3-30-19-11-9-16(10-12-19)24-25-15(2)21(32-24)23(29)27-18-7-4-6-17(14-18)26-22(28)20-8-5-13-31-20/h4-14H,3H2,1-2H3,(H,26,28)(H,27,29). The highest BCUT2D eigenvalue weighted by Gasteiger charge is 2.17. The van der Waals surface area contributed by atoms with E-state index >= 15 is 0 Å². The molecule has 0 atom stereocenters. The van der Waals surface area contributed by atoms with Crippen LogP contribution in [0, 0.1) is 6.92 Å². The molecule has 4 rings (SSSR count). The molecule has 162 valence electrons. The predicted octanol–water partition coefficient (Wildman–Crippen LogP) is 5.61. The van der Waals surface area contributed by atoms with Crippen LogP contribution in [-0.4, -0.2) is 23.4 Å². The van der Waals surface area contributed by atoms with Crippen molar-refractivity contribution in [1.29, 1.82) is 0 Å². The van der Waals surface area contributed by atoms with Crippen molar-refractivity contribution in [3.8, 4) is 16.3 Å². The summed E-state index contributed by atoms with van der Waals surface area (Å²) in [6.45, 7) is 4.35. The van der Waals surface area contributed by atoms with Crippen molar-refractivity contribution in [2.24, 2.45) is 0 Å². The largest absolute Gasteiger partial charge is 0.494 e. The minimum atomic E-state index is -0.364. The lowest BCUT2D eigenvalue weighted by molar-refractivity contribution is 0.0995. The Bertz CT molecular complexity index is 1230. The Kier molecular flexibility index (Phi) is 6.32. The maximum Gasteiger partial charge on any atom is 0.291 e. The topological polar surface area (TPSA) is 93.5 Å². The van der Waals surface area contributed by atoms with Gasteiger partial charge in [-0.1, -0.05) is 6.07 Å². The van der Waals surface area contributed by atoms with E-state index in [0.29, 0.717) is 28.6 Å². The number of hydrogen-bond donors (Lipinski definition) is 2. The second-order valence-corrected chi connectivity index (χ2v) is 7.86. The fraction of sp³-hybridized carbons (Fsp3) is 0.125. The Morgan fingerprint density at radius 3 is 2.38 bits per heavy atom. The molecule has 2 N–H and O–H groups in total. The van der Waals surface area contributed by atoms with E-state index in [4.69, 9.17) is 9.15 Å². The van der Waals surface area contributed by atoms with Crippen molar-refractivity contribution < 1.29 is 18.7 Å². The molecular weight excluding hydrogens is 426 g/mol. The van der Waals surface area contributed by atoms with Crippen LogP contribution < -0.4 is 15.4 Å². The first kappa shape index (κ1) is 21.3. The van der Waals surface area contributed by atoms with Crippen LogP contribution in [0.5, 0.6) is 5.75 Å². The predicted molar refractivity (Wildman–Crippen MR) is 125 cm³/mol. The van der Waals surface area contributed by atoms with E-state index in [1.54, 1.807) is 36.4 Å². The van der Waals surface area contributed by atoms with Crippen LogP contribution >= 0.6 is 11.3 Å². The average molecular weight is 448 g/mol. The van der Waals surface area contributed by atoms with E-state index < -0.39 is 0 Å². The molecule has 0 radical (unpaired) electrons. The molecule has 32 heavy (non-hydrogen) atoms. The number of benzene rings is 2. The lowest BCUT2D eigenvalue weighted by Gasteiger charge is -2.08. The second-order valence-electron chi connectivity index (χ2n) is 6.86. The summed E-state index contributed by atoms with van der Waals surface area (Å²) in [4.78, 5) is 30.1. The third-order valence-electron chi connectivity index (χ3n) is 4.54. The number of nitrogens with one attached hydrogen (secondary N) is 2. The van der Waals surface area contributed by atoms with E-state index in [-0.39, 0.29) is 17.6 Å². The van der Waals surface area contributed by atoms with Gasteiger partial charge < -0.3 is 19.8 Å². The summed E-state index contributed by atoms with van der Waals surface area (Å²) in [6, 6.07) is 17.8. The Morgan fingerprint density at radius 2 is 1.72 bits per heavy atom. The smallest absolute Gasteiger partial charge is 0.291 e. The molecule has 0 fully saturated rings. The summed E-state index contributed by atoms with van der Waals surface area (Å²) in [6.07, 6.45) is 1.44. The third-order valence-corrected chi connectivity index (χ3v) is 5.74.